The van der Waals surface area contributed by atoms with E-state index < -0.39 is 0 Å². The maximum absolute atomic E-state index is 5.80. The van der Waals surface area contributed by atoms with Gasteiger partial charge in [0.25, 0.3) is 5.22 Å². The Kier molecular flexibility index (Phi) is 3.64. The number of benzene rings is 2. The summed E-state index contributed by atoms with van der Waals surface area (Å²) in [6.07, 6.45) is 0. The summed E-state index contributed by atoms with van der Waals surface area (Å²) in [6, 6.07) is 10.1. The molecular formula is C17H17NO2S. The second kappa shape index (κ2) is 5.45. The minimum Gasteiger partial charge on any atom is -0.496 e. The molecule has 0 atom stereocenters. The molecule has 4 heteroatoms. The molecule has 1 heterocycles. The Labute approximate surface area is 128 Å². The number of oxazole rings is 1. The second-order valence-corrected chi connectivity index (χ2v) is 6.06. The molecule has 3 rings (SSSR count). The Bertz CT molecular complexity index is 808. The maximum Gasteiger partial charge on any atom is 0.261 e. The molecule has 0 radical (unpaired) electrons. The summed E-state index contributed by atoms with van der Waals surface area (Å²) in [6.45, 7) is 6.21. The molecule has 0 aliphatic heterocycles. The van der Waals surface area contributed by atoms with Crippen LogP contribution in [0.25, 0.3) is 11.1 Å². The Morgan fingerprint density at radius 3 is 2.62 bits per heavy atom. The zero-order valence-corrected chi connectivity index (χ0v) is 13.4. The van der Waals surface area contributed by atoms with E-state index >= 15 is 0 Å². The van der Waals surface area contributed by atoms with Crippen LogP contribution in [0.15, 0.2) is 44.9 Å². The van der Waals surface area contributed by atoms with Crippen LogP contribution in [0.1, 0.15) is 16.7 Å². The largest absolute Gasteiger partial charge is 0.496 e. The molecule has 0 amide bonds. The van der Waals surface area contributed by atoms with Gasteiger partial charge in [-0.25, -0.2) is 4.98 Å². The summed E-state index contributed by atoms with van der Waals surface area (Å²) >= 11 is 1.55. The predicted octanol–water partition coefficient (Wildman–Crippen LogP) is 4.91. The summed E-state index contributed by atoms with van der Waals surface area (Å²) in [4.78, 5) is 5.68. The van der Waals surface area contributed by atoms with E-state index in [0.29, 0.717) is 5.22 Å². The van der Waals surface area contributed by atoms with Gasteiger partial charge in [-0.1, -0.05) is 6.07 Å². The van der Waals surface area contributed by atoms with Crippen LogP contribution in [0.4, 0.5) is 0 Å². The molecular weight excluding hydrogens is 282 g/mol. The molecule has 0 aliphatic carbocycles. The van der Waals surface area contributed by atoms with E-state index in [-0.39, 0.29) is 0 Å². The molecule has 3 aromatic rings. The molecule has 21 heavy (non-hydrogen) atoms. The number of ether oxygens (including phenoxy) is 1. The van der Waals surface area contributed by atoms with Crippen molar-refractivity contribution in [2.75, 3.05) is 7.11 Å². The van der Waals surface area contributed by atoms with Crippen LogP contribution in [-0.4, -0.2) is 12.1 Å². The van der Waals surface area contributed by atoms with E-state index in [1.54, 1.807) is 18.9 Å². The fourth-order valence-electron chi connectivity index (χ4n) is 2.26. The van der Waals surface area contributed by atoms with Gasteiger partial charge in [0.2, 0.25) is 0 Å². The van der Waals surface area contributed by atoms with Crippen LogP contribution < -0.4 is 4.74 Å². The number of aryl methyl sites for hydroxylation is 1. The highest BCUT2D eigenvalue weighted by atomic mass is 32.2. The minimum atomic E-state index is 0.670. The Morgan fingerprint density at radius 2 is 1.86 bits per heavy atom. The summed E-state index contributed by atoms with van der Waals surface area (Å²) in [5.74, 6) is 0.907. The van der Waals surface area contributed by atoms with Crippen LogP contribution in [0.3, 0.4) is 0 Å². The highest BCUT2D eigenvalue weighted by Crippen LogP contribution is 2.35. The molecule has 0 unspecified atom stereocenters. The fraction of sp³-hybridized carbons (Fsp3) is 0.235. The maximum atomic E-state index is 5.80. The van der Waals surface area contributed by atoms with E-state index in [4.69, 9.17) is 9.15 Å². The van der Waals surface area contributed by atoms with Gasteiger partial charge < -0.3 is 9.15 Å². The van der Waals surface area contributed by atoms with Crippen LogP contribution >= 0.6 is 11.8 Å². The molecule has 108 valence electrons. The number of methoxy groups -OCH3 is 1. The average molecular weight is 299 g/mol. The average Bonchev–Trinajstić information content (AvgIpc) is 2.85. The SMILES string of the molecule is COc1ccc(Sc2nc3cc(C)ccc3o2)c(C)c1C. The fourth-order valence-corrected chi connectivity index (χ4v) is 3.16. The standard InChI is InChI=1S/C17H17NO2S/c1-10-5-6-15-13(9-10)18-17(20-15)21-16-8-7-14(19-4)11(2)12(16)3/h5-9H,1-4H3. The molecule has 0 saturated carbocycles. The monoisotopic (exact) mass is 299 g/mol. The third kappa shape index (κ3) is 2.63. The van der Waals surface area contributed by atoms with E-state index in [2.05, 4.69) is 25.8 Å². The number of fused-ring (bicyclic) bond motifs is 1. The first-order chi connectivity index (χ1) is 10.1. The topological polar surface area (TPSA) is 35.3 Å². The molecule has 3 nitrogen and oxygen atoms in total. The van der Waals surface area contributed by atoms with Crippen LogP contribution in [0, 0.1) is 20.8 Å². The van der Waals surface area contributed by atoms with Gasteiger partial charge in [0.05, 0.1) is 7.11 Å². The normalized spacial score (nSPS) is 11.0. The van der Waals surface area contributed by atoms with Crippen molar-refractivity contribution >= 4 is 22.9 Å². The van der Waals surface area contributed by atoms with Gasteiger partial charge in [0.1, 0.15) is 11.3 Å². The van der Waals surface area contributed by atoms with Gasteiger partial charge in [-0.05, 0) is 73.5 Å². The van der Waals surface area contributed by atoms with Gasteiger partial charge >= 0.3 is 0 Å². The highest BCUT2D eigenvalue weighted by molar-refractivity contribution is 7.99. The molecule has 0 N–H and O–H groups in total. The van der Waals surface area contributed by atoms with Crippen LogP contribution in [-0.2, 0) is 0 Å². The first-order valence-electron chi connectivity index (χ1n) is 6.77. The number of aromatic nitrogens is 1. The number of rotatable bonds is 3. The van der Waals surface area contributed by atoms with Crippen molar-refractivity contribution in [1.29, 1.82) is 0 Å². The summed E-state index contributed by atoms with van der Waals surface area (Å²) in [5, 5.41) is 0.670. The van der Waals surface area contributed by atoms with E-state index in [0.717, 1.165) is 27.3 Å². The van der Waals surface area contributed by atoms with Crippen molar-refractivity contribution in [2.24, 2.45) is 0 Å². The first-order valence-corrected chi connectivity index (χ1v) is 7.59. The van der Waals surface area contributed by atoms with Crippen molar-refractivity contribution in [3.8, 4) is 5.75 Å². The van der Waals surface area contributed by atoms with Crippen molar-refractivity contribution in [2.45, 2.75) is 30.9 Å². The van der Waals surface area contributed by atoms with Gasteiger partial charge in [0, 0.05) is 4.90 Å². The molecule has 0 spiro atoms. The molecule has 1 aromatic heterocycles. The Hall–Kier alpha value is -1.94. The lowest BCUT2D eigenvalue weighted by molar-refractivity contribution is 0.411. The molecule has 0 saturated heterocycles. The zero-order chi connectivity index (χ0) is 15.0. The van der Waals surface area contributed by atoms with Gasteiger partial charge in [-0.3, -0.25) is 0 Å². The lowest BCUT2D eigenvalue weighted by Crippen LogP contribution is -1.91. The van der Waals surface area contributed by atoms with Gasteiger partial charge in [-0.2, -0.15) is 0 Å². The summed E-state index contributed by atoms with van der Waals surface area (Å²) in [5.41, 5.74) is 5.25. The van der Waals surface area contributed by atoms with Crippen LogP contribution in [0.2, 0.25) is 0 Å². The molecule has 0 fully saturated rings. The van der Waals surface area contributed by atoms with Crippen molar-refractivity contribution in [3.05, 3.63) is 47.0 Å². The summed E-state index contributed by atoms with van der Waals surface area (Å²) in [7, 11) is 1.69. The third-order valence-electron chi connectivity index (χ3n) is 3.63. The zero-order valence-electron chi connectivity index (χ0n) is 12.6. The van der Waals surface area contributed by atoms with Crippen molar-refractivity contribution in [3.63, 3.8) is 0 Å². The lowest BCUT2D eigenvalue weighted by Gasteiger charge is -2.10. The lowest BCUT2D eigenvalue weighted by atomic mass is 10.1. The number of hydrogen-bond donors (Lipinski definition) is 0. The van der Waals surface area contributed by atoms with Gasteiger partial charge in [-0.15, -0.1) is 0 Å². The van der Waals surface area contributed by atoms with Gasteiger partial charge in [0.15, 0.2) is 5.58 Å². The number of hydrogen-bond acceptors (Lipinski definition) is 4. The van der Waals surface area contributed by atoms with E-state index in [9.17, 15) is 0 Å². The molecule has 0 aliphatic rings. The Morgan fingerprint density at radius 1 is 1.05 bits per heavy atom. The quantitative estimate of drug-likeness (QED) is 0.688. The highest BCUT2D eigenvalue weighted by Gasteiger charge is 2.12. The van der Waals surface area contributed by atoms with Crippen LogP contribution in [0.5, 0.6) is 5.75 Å². The first kappa shape index (κ1) is 14.0. The second-order valence-electron chi connectivity index (χ2n) is 5.07. The Balaban J connectivity index is 1.96. The predicted molar refractivity (Wildman–Crippen MR) is 85.3 cm³/mol. The van der Waals surface area contributed by atoms with E-state index in [1.807, 2.05) is 30.3 Å². The minimum absolute atomic E-state index is 0.670. The number of nitrogens with zero attached hydrogens (tertiary/aromatic N) is 1. The third-order valence-corrected chi connectivity index (χ3v) is 4.64. The van der Waals surface area contributed by atoms with E-state index in [1.165, 1.54) is 11.1 Å². The molecule has 2 aromatic carbocycles. The summed E-state index contributed by atoms with van der Waals surface area (Å²) < 4.78 is 11.1. The smallest absolute Gasteiger partial charge is 0.261 e. The van der Waals surface area contributed by atoms with Crippen molar-refractivity contribution in [1.82, 2.24) is 4.98 Å². The van der Waals surface area contributed by atoms with Crippen molar-refractivity contribution < 1.29 is 9.15 Å². The molecule has 0 bridgehead atoms.